The molecule has 1 aromatic carbocycles. The Morgan fingerprint density at radius 1 is 1.44 bits per heavy atom. The van der Waals surface area contributed by atoms with E-state index in [9.17, 15) is 9.59 Å². The number of carbonyl (C=O) groups excluding carboxylic acids is 1. The van der Waals surface area contributed by atoms with Crippen molar-refractivity contribution in [3.63, 3.8) is 0 Å². The third-order valence-electron chi connectivity index (χ3n) is 2.35. The van der Waals surface area contributed by atoms with E-state index in [2.05, 4.69) is 15.5 Å². The van der Waals surface area contributed by atoms with Gasteiger partial charge in [0, 0.05) is 44.8 Å². The van der Waals surface area contributed by atoms with Gasteiger partial charge in [-0.25, -0.2) is 0 Å². The van der Waals surface area contributed by atoms with Gasteiger partial charge in [-0.05, 0) is 18.2 Å². The van der Waals surface area contributed by atoms with Gasteiger partial charge in [0.1, 0.15) is 0 Å². The van der Waals surface area contributed by atoms with Gasteiger partial charge >= 0.3 is 0 Å². The van der Waals surface area contributed by atoms with E-state index in [1.807, 2.05) is 0 Å². The molecule has 0 aliphatic heterocycles. The molecule has 0 aliphatic carbocycles. The van der Waals surface area contributed by atoms with Crippen molar-refractivity contribution in [3.05, 3.63) is 34.3 Å². The Morgan fingerprint density at radius 3 is 2.83 bits per heavy atom. The minimum atomic E-state index is -0.425. The molecular weight excluding hydrogens is 309 g/mol. The van der Waals surface area contributed by atoms with Crippen LogP contribution in [0.15, 0.2) is 23.0 Å². The van der Waals surface area contributed by atoms with Gasteiger partial charge in [0.15, 0.2) is 0 Å². The first-order valence-electron chi connectivity index (χ1n) is 5.27. The Bertz CT molecular complexity index is 602. The molecule has 1 amide bonds. The van der Waals surface area contributed by atoms with E-state index in [4.69, 9.17) is 5.73 Å². The van der Waals surface area contributed by atoms with Crippen molar-refractivity contribution in [1.82, 2.24) is 10.2 Å². The number of aromatic amines is 2. The zero-order valence-electron chi connectivity index (χ0n) is 9.91. The summed E-state index contributed by atoms with van der Waals surface area (Å²) in [5, 5.41) is 8.41. The normalized spacial score (nSPS) is 11.9. The maximum Gasteiger partial charge on any atom is 0.271 e. The van der Waals surface area contributed by atoms with Crippen molar-refractivity contribution >= 4 is 22.5 Å². The molecule has 0 aliphatic rings. The van der Waals surface area contributed by atoms with Crippen LogP contribution in [0.1, 0.15) is 13.3 Å². The molecule has 0 saturated heterocycles. The molecule has 0 saturated carbocycles. The standard InChI is InChI=1S/C11H13N4O2.Y/c1-6(12)4-10(16)13-7-2-3-8-9(5-7)14-15-11(8)17;/h2-3,5-6,12H,4H2,1H3,(H,13,16)(H2,14,15,17);/q-1;. The number of benzene rings is 1. The van der Waals surface area contributed by atoms with Gasteiger partial charge in [-0.3, -0.25) is 19.8 Å². The zero-order valence-corrected chi connectivity index (χ0v) is 12.7. The molecule has 0 fully saturated rings. The third kappa shape index (κ3) is 3.51. The van der Waals surface area contributed by atoms with Crippen LogP contribution in [0.4, 0.5) is 5.69 Å². The summed E-state index contributed by atoms with van der Waals surface area (Å²) >= 11 is 0. The number of hydrogen-bond acceptors (Lipinski definition) is 2. The number of anilines is 1. The van der Waals surface area contributed by atoms with Crippen molar-refractivity contribution in [2.75, 3.05) is 5.32 Å². The van der Waals surface area contributed by atoms with E-state index < -0.39 is 6.04 Å². The maximum absolute atomic E-state index is 11.5. The summed E-state index contributed by atoms with van der Waals surface area (Å²) in [6.45, 7) is 1.66. The van der Waals surface area contributed by atoms with Crippen LogP contribution in [0.2, 0.25) is 0 Å². The summed E-state index contributed by atoms with van der Waals surface area (Å²) in [5.41, 5.74) is 8.37. The number of rotatable bonds is 3. The van der Waals surface area contributed by atoms with Crippen LogP contribution < -0.4 is 10.9 Å². The Hall–Kier alpha value is -0.976. The second-order valence-corrected chi connectivity index (χ2v) is 3.99. The largest absolute Gasteiger partial charge is 0.674 e. The second kappa shape index (κ2) is 6.27. The Morgan fingerprint density at radius 2 is 2.17 bits per heavy atom. The van der Waals surface area contributed by atoms with Crippen LogP contribution in [0.3, 0.4) is 0 Å². The molecule has 2 aromatic rings. The SMILES string of the molecule is CC([NH-])CC(=O)Nc1ccc2c(=O)[nH][nH]c2c1.[Y]. The minimum absolute atomic E-state index is 0. The fraction of sp³-hybridized carbons (Fsp3) is 0.273. The number of aromatic nitrogens is 2. The van der Waals surface area contributed by atoms with E-state index >= 15 is 0 Å². The topological polar surface area (TPSA) is 102 Å². The first-order valence-corrected chi connectivity index (χ1v) is 5.27. The molecule has 7 heteroatoms. The van der Waals surface area contributed by atoms with Gasteiger partial charge in [-0.1, -0.05) is 6.92 Å². The van der Waals surface area contributed by atoms with Gasteiger partial charge in [-0.15, -0.1) is 6.04 Å². The number of H-pyrrole nitrogens is 2. The van der Waals surface area contributed by atoms with Crippen molar-refractivity contribution in [3.8, 4) is 0 Å². The molecular formula is C11H13N4O2Y-. The van der Waals surface area contributed by atoms with Crippen LogP contribution in [0, 0.1) is 0 Å². The molecule has 18 heavy (non-hydrogen) atoms. The molecule has 0 spiro atoms. The fourth-order valence-electron chi connectivity index (χ4n) is 1.60. The van der Waals surface area contributed by atoms with Crippen molar-refractivity contribution in [1.29, 1.82) is 0 Å². The molecule has 0 bridgehead atoms. The molecule has 93 valence electrons. The molecule has 1 aromatic heterocycles. The van der Waals surface area contributed by atoms with Crippen molar-refractivity contribution < 1.29 is 37.5 Å². The predicted octanol–water partition coefficient (Wildman–Crippen LogP) is 1.62. The van der Waals surface area contributed by atoms with Crippen LogP contribution in [-0.4, -0.2) is 22.1 Å². The average molecular weight is 322 g/mol. The van der Waals surface area contributed by atoms with Gasteiger partial charge in [-0.2, -0.15) is 0 Å². The summed E-state index contributed by atoms with van der Waals surface area (Å²) < 4.78 is 0. The number of nitrogens with one attached hydrogen (secondary N) is 4. The first-order chi connectivity index (χ1) is 8.06. The van der Waals surface area contributed by atoms with Crippen molar-refractivity contribution in [2.45, 2.75) is 19.4 Å². The first kappa shape index (κ1) is 15.1. The fourth-order valence-corrected chi connectivity index (χ4v) is 1.60. The van der Waals surface area contributed by atoms with Crippen LogP contribution >= 0.6 is 0 Å². The monoisotopic (exact) mass is 322 g/mol. The second-order valence-electron chi connectivity index (χ2n) is 3.99. The van der Waals surface area contributed by atoms with Crippen LogP contribution in [0.25, 0.3) is 16.6 Å². The van der Waals surface area contributed by atoms with Gasteiger partial charge in [0.25, 0.3) is 5.56 Å². The molecule has 1 unspecified atom stereocenters. The smallest absolute Gasteiger partial charge is 0.271 e. The van der Waals surface area contributed by atoms with Crippen molar-refractivity contribution in [2.24, 2.45) is 0 Å². The van der Waals surface area contributed by atoms with E-state index in [1.54, 1.807) is 25.1 Å². The Balaban J connectivity index is 0.00000162. The third-order valence-corrected chi connectivity index (χ3v) is 2.35. The predicted molar refractivity (Wildman–Crippen MR) is 65.9 cm³/mol. The molecule has 4 N–H and O–H groups in total. The Kier molecular flexibility index (Phi) is 5.25. The Labute approximate surface area is 129 Å². The number of amides is 1. The molecule has 1 heterocycles. The quantitative estimate of drug-likeness (QED) is 0.800. The van der Waals surface area contributed by atoms with E-state index in [0.717, 1.165) is 0 Å². The summed E-state index contributed by atoms with van der Waals surface area (Å²) in [6.07, 6.45) is 0.154. The number of carbonyl (C=O) groups is 1. The molecule has 2 rings (SSSR count). The minimum Gasteiger partial charge on any atom is -0.674 e. The molecule has 6 nitrogen and oxygen atoms in total. The van der Waals surface area contributed by atoms with Crippen LogP contribution in [0.5, 0.6) is 0 Å². The van der Waals surface area contributed by atoms with Gasteiger partial charge in [0.05, 0.1) is 10.9 Å². The molecule has 1 atom stereocenters. The summed E-state index contributed by atoms with van der Waals surface area (Å²) in [4.78, 5) is 22.7. The molecule has 1 radical (unpaired) electrons. The number of fused-ring (bicyclic) bond motifs is 1. The van der Waals surface area contributed by atoms with Gasteiger partial charge < -0.3 is 11.1 Å². The van der Waals surface area contributed by atoms with E-state index in [1.165, 1.54) is 0 Å². The summed E-state index contributed by atoms with van der Waals surface area (Å²) in [5.74, 6) is -0.204. The summed E-state index contributed by atoms with van der Waals surface area (Å²) in [6, 6.07) is 4.56. The summed E-state index contributed by atoms with van der Waals surface area (Å²) in [7, 11) is 0. The zero-order chi connectivity index (χ0) is 12.4. The van der Waals surface area contributed by atoms with Crippen LogP contribution in [-0.2, 0) is 37.5 Å². The maximum atomic E-state index is 11.5. The van der Waals surface area contributed by atoms with E-state index in [0.29, 0.717) is 16.6 Å². The average Bonchev–Trinajstić information content (AvgIpc) is 2.58. The number of hydrogen-bond donors (Lipinski definition) is 3. The van der Waals surface area contributed by atoms with E-state index in [-0.39, 0.29) is 50.6 Å². The van der Waals surface area contributed by atoms with Gasteiger partial charge in [0.2, 0.25) is 5.91 Å².